The van der Waals surface area contributed by atoms with Crippen molar-refractivity contribution in [1.82, 2.24) is 0 Å². The van der Waals surface area contributed by atoms with Crippen LogP contribution in [0.2, 0.25) is 0 Å². The summed E-state index contributed by atoms with van der Waals surface area (Å²) < 4.78 is 0. The third kappa shape index (κ3) is 11.7. The first-order valence-electron chi connectivity index (χ1n) is 12.2. The summed E-state index contributed by atoms with van der Waals surface area (Å²) in [6.45, 7) is 23.5. The molecule has 0 spiro atoms. The zero-order chi connectivity index (χ0) is 20.6. The molecule has 0 N–H and O–H groups in total. The van der Waals surface area contributed by atoms with Gasteiger partial charge in [-0.1, -0.05) is 133 Å². The van der Waals surface area contributed by atoms with E-state index < -0.39 is 0 Å². The molecule has 0 bridgehead atoms. The molecule has 26 heavy (non-hydrogen) atoms. The predicted octanol–water partition coefficient (Wildman–Crippen LogP) is 10.1. The Morgan fingerprint density at radius 2 is 0.885 bits per heavy atom. The summed E-state index contributed by atoms with van der Waals surface area (Å²) in [5.41, 5.74) is 1.26. The SMILES string of the molecule is CCC(C)CCCC(C)C.CCC(CC)(CC)CCC(CC)(CC)CC. The average Bonchev–Trinajstić information content (AvgIpc) is 2.67. The minimum Gasteiger partial charge on any atom is -0.0651 e. The van der Waals surface area contributed by atoms with Crippen LogP contribution in [0.5, 0.6) is 0 Å². The highest BCUT2D eigenvalue weighted by Gasteiger charge is 2.30. The van der Waals surface area contributed by atoms with Gasteiger partial charge < -0.3 is 0 Å². The molecule has 1 atom stereocenters. The van der Waals surface area contributed by atoms with Gasteiger partial charge in [0.25, 0.3) is 0 Å². The molecule has 0 aliphatic carbocycles. The van der Waals surface area contributed by atoms with Crippen LogP contribution in [0, 0.1) is 22.7 Å². The highest BCUT2D eigenvalue weighted by atomic mass is 14.4. The fraction of sp³-hybridized carbons (Fsp3) is 1.00. The molecule has 0 aromatic carbocycles. The number of hydrogen-bond acceptors (Lipinski definition) is 0. The molecule has 0 saturated carbocycles. The largest absolute Gasteiger partial charge is 0.0651 e. The molecule has 1 unspecified atom stereocenters. The van der Waals surface area contributed by atoms with Gasteiger partial charge in [0.15, 0.2) is 0 Å². The molecule has 0 aliphatic heterocycles. The first-order valence-corrected chi connectivity index (χ1v) is 12.2. The maximum absolute atomic E-state index is 2.37. The maximum Gasteiger partial charge on any atom is -0.0305 e. The van der Waals surface area contributed by atoms with E-state index in [0.717, 1.165) is 11.8 Å². The lowest BCUT2D eigenvalue weighted by Gasteiger charge is -2.37. The second-order valence-corrected chi connectivity index (χ2v) is 9.46. The van der Waals surface area contributed by atoms with Gasteiger partial charge in [0.1, 0.15) is 0 Å². The van der Waals surface area contributed by atoms with Crippen molar-refractivity contribution in [2.75, 3.05) is 0 Å². The molecule has 0 heterocycles. The molecule has 0 aromatic rings. The highest BCUT2D eigenvalue weighted by Crippen LogP contribution is 2.43. The van der Waals surface area contributed by atoms with Crippen molar-refractivity contribution >= 4 is 0 Å². The van der Waals surface area contributed by atoms with Crippen LogP contribution >= 0.6 is 0 Å². The van der Waals surface area contributed by atoms with Crippen molar-refractivity contribution in [1.29, 1.82) is 0 Å². The summed E-state index contributed by atoms with van der Waals surface area (Å²) in [6.07, 6.45) is 16.6. The summed E-state index contributed by atoms with van der Waals surface area (Å²) in [5.74, 6) is 1.84. The highest BCUT2D eigenvalue weighted by molar-refractivity contribution is 4.82. The molecule has 0 fully saturated rings. The molecule has 0 nitrogen and oxygen atoms in total. The summed E-state index contributed by atoms with van der Waals surface area (Å²) in [5, 5.41) is 0. The van der Waals surface area contributed by atoms with E-state index in [4.69, 9.17) is 0 Å². The monoisotopic (exact) mass is 368 g/mol. The normalized spacial score (nSPS) is 13.5. The van der Waals surface area contributed by atoms with Crippen molar-refractivity contribution in [3.8, 4) is 0 Å². The summed E-state index contributed by atoms with van der Waals surface area (Å²) in [4.78, 5) is 0. The average molecular weight is 369 g/mol. The van der Waals surface area contributed by atoms with Crippen LogP contribution in [0.25, 0.3) is 0 Å². The second-order valence-electron chi connectivity index (χ2n) is 9.46. The van der Waals surface area contributed by atoms with Crippen molar-refractivity contribution in [3.05, 3.63) is 0 Å². The topological polar surface area (TPSA) is 0 Å². The molecule has 160 valence electrons. The molecule has 0 aliphatic rings. The van der Waals surface area contributed by atoms with Crippen LogP contribution in [-0.2, 0) is 0 Å². The molecular weight excluding hydrogens is 312 g/mol. The van der Waals surface area contributed by atoms with Crippen molar-refractivity contribution in [2.45, 2.75) is 146 Å². The van der Waals surface area contributed by atoms with Gasteiger partial charge >= 0.3 is 0 Å². The van der Waals surface area contributed by atoms with Gasteiger partial charge in [-0.05, 0) is 35.5 Å². The first-order chi connectivity index (χ1) is 12.2. The van der Waals surface area contributed by atoms with Crippen LogP contribution in [-0.4, -0.2) is 0 Å². The lowest BCUT2D eigenvalue weighted by Crippen LogP contribution is -2.24. The summed E-state index contributed by atoms with van der Waals surface area (Å²) >= 11 is 0. The van der Waals surface area contributed by atoms with Crippen molar-refractivity contribution in [3.63, 3.8) is 0 Å². The predicted molar refractivity (Wildman–Crippen MR) is 124 cm³/mol. The quantitative estimate of drug-likeness (QED) is 0.286. The zero-order valence-electron chi connectivity index (χ0n) is 20.6. The number of rotatable bonds is 14. The molecule has 0 amide bonds. The van der Waals surface area contributed by atoms with Crippen molar-refractivity contribution < 1.29 is 0 Å². The second kappa shape index (κ2) is 16.0. The first kappa shape index (κ1) is 28.2. The van der Waals surface area contributed by atoms with Gasteiger partial charge in [-0.15, -0.1) is 0 Å². The van der Waals surface area contributed by atoms with E-state index in [-0.39, 0.29) is 0 Å². The third-order valence-electron chi connectivity index (χ3n) is 7.86. The lowest BCUT2D eigenvalue weighted by atomic mass is 9.68. The molecular formula is C26H56. The number of hydrogen-bond donors (Lipinski definition) is 0. The van der Waals surface area contributed by atoms with Crippen molar-refractivity contribution in [2.24, 2.45) is 22.7 Å². The van der Waals surface area contributed by atoms with E-state index in [1.54, 1.807) is 0 Å². The van der Waals surface area contributed by atoms with Gasteiger partial charge in [-0.25, -0.2) is 0 Å². The van der Waals surface area contributed by atoms with E-state index in [1.807, 2.05) is 0 Å². The van der Waals surface area contributed by atoms with Crippen LogP contribution in [0.4, 0.5) is 0 Å². The Morgan fingerprint density at radius 1 is 0.538 bits per heavy atom. The molecule has 0 heteroatoms. The standard InChI is InChI=1S/C16H34.C10H22/c1-7-15(8-2,9-3)13-14-16(10-4,11-5)12-6;1-5-10(4)8-6-7-9(2)3/h7-14H2,1-6H3;9-10H,5-8H2,1-4H3. The summed E-state index contributed by atoms with van der Waals surface area (Å²) in [6, 6.07) is 0. The Balaban J connectivity index is 0. The zero-order valence-corrected chi connectivity index (χ0v) is 20.6. The lowest BCUT2D eigenvalue weighted by molar-refractivity contribution is 0.146. The van der Waals surface area contributed by atoms with Gasteiger partial charge in [-0.2, -0.15) is 0 Å². The van der Waals surface area contributed by atoms with E-state index in [2.05, 4.69) is 69.2 Å². The van der Waals surface area contributed by atoms with E-state index >= 15 is 0 Å². The molecule has 0 radical (unpaired) electrons. The van der Waals surface area contributed by atoms with Gasteiger partial charge in [0.2, 0.25) is 0 Å². The van der Waals surface area contributed by atoms with Gasteiger partial charge in [-0.3, -0.25) is 0 Å². The summed E-state index contributed by atoms with van der Waals surface area (Å²) in [7, 11) is 0. The molecule has 0 aromatic heterocycles. The van der Waals surface area contributed by atoms with Crippen LogP contribution < -0.4 is 0 Å². The molecule has 0 saturated heterocycles. The smallest absolute Gasteiger partial charge is 0.0305 e. The minimum atomic E-state index is 0.630. The van der Waals surface area contributed by atoms with Crippen LogP contribution in [0.1, 0.15) is 146 Å². The minimum absolute atomic E-state index is 0.630. The van der Waals surface area contributed by atoms with Crippen LogP contribution in [0.15, 0.2) is 0 Å². The van der Waals surface area contributed by atoms with Crippen LogP contribution in [0.3, 0.4) is 0 Å². The fourth-order valence-corrected chi connectivity index (χ4v) is 4.17. The van der Waals surface area contributed by atoms with E-state index in [1.165, 1.54) is 77.0 Å². The Bertz CT molecular complexity index is 244. The molecule has 0 rings (SSSR count). The fourth-order valence-electron chi connectivity index (χ4n) is 4.17. The van der Waals surface area contributed by atoms with Gasteiger partial charge in [0, 0.05) is 0 Å². The maximum atomic E-state index is 2.37. The van der Waals surface area contributed by atoms with Gasteiger partial charge in [0.05, 0.1) is 0 Å². The Labute approximate surface area is 169 Å². The van der Waals surface area contributed by atoms with E-state index in [0.29, 0.717) is 10.8 Å². The van der Waals surface area contributed by atoms with E-state index in [9.17, 15) is 0 Å². The Hall–Kier alpha value is 0. The third-order valence-corrected chi connectivity index (χ3v) is 7.86. The Morgan fingerprint density at radius 3 is 1.12 bits per heavy atom. The Kier molecular flexibility index (Phi) is 17.4.